The predicted octanol–water partition coefficient (Wildman–Crippen LogP) is 3.26. The van der Waals surface area contributed by atoms with E-state index in [0.29, 0.717) is 0 Å². The monoisotopic (exact) mass is 349 g/mol. The lowest BCUT2D eigenvalue weighted by Gasteiger charge is -2.46. The van der Waals surface area contributed by atoms with Gasteiger partial charge in [0.2, 0.25) is 0 Å². The largest absolute Gasteiger partial charge is 0.307 e. The van der Waals surface area contributed by atoms with E-state index in [2.05, 4.69) is 76.8 Å². The van der Waals surface area contributed by atoms with Crippen LogP contribution in [0.4, 0.5) is 0 Å². The third kappa shape index (κ3) is 3.85. The first-order valence-electron chi connectivity index (χ1n) is 10.0. The van der Waals surface area contributed by atoms with E-state index in [1.807, 2.05) is 0 Å². The number of likely N-dealkylation sites (N-methyl/N-ethyl adjacent to an activating group) is 1. The van der Waals surface area contributed by atoms with Gasteiger partial charge in [0.05, 0.1) is 0 Å². The molecule has 0 bridgehead atoms. The van der Waals surface area contributed by atoms with Crippen LogP contribution in [0, 0.1) is 0 Å². The molecular weight excluding hydrogens is 318 g/mol. The van der Waals surface area contributed by atoms with Gasteiger partial charge >= 0.3 is 0 Å². The first-order valence-corrected chi connectivity index (χ1v) is 10.0. The van der Waals surface area contributed by atoms with Crippen LogP contribution in [-0.4, -0.2) is 49.6 Å². The molecule has 0 atom stereocenters. The molecule has 0 amide bonds. The number of fused-ring (bicyclic) bond motifs is 2. The van der Waals surface area contributed by atoms with Crippen LogP contribution in [0.15, 0.2) is 54.6 Å². The lowest BCUT2D eigenvalue weighted by Crippen LogP contribution is -2.54. The normalized spacial score (nSPS) is 19.6. The van der Waals surface area contributed by atoms with E-state index >= 15 is 0 Å². The molecule has 0 saturated carbocycles. The topological polar surface area (TPSA) is 18.5 Å². The summed E-state index contributed by atoms with van der Waals surface area (Å²) < 4.78 is 0. The fourth-order valence-corrected chi connectivity index (χ4v) is 4.63. The molecule has 138 valence electrons. The molecule has 3 heteroatoms. The van der Waals surface area contributed by atoms with Gasteiger partial charge in [-0.25, -0.2) is 0 Å². The lowest BCUT2D eigenvalue weighted by molar-refractivity contribution is 0.118. The Labute approximate surface area is 158 Å². The van der Waals surface area contributed by atoms with Crippen molar-refractivity contribution in [1.82, 2.24) is 15.1 Å². The molecule has 0 aromatic heterocycles. The van der Waals surface area contributed by atoms with Gasteiger partial charge < -0.3 is 15.1 Å². The van der Waals surface area contributed by atoms with E-state index < -0.39 is 0 Å². The minimum absolute atomic E-state index is 0.223. The second kappa shape index (κ2) is 7.91. The summed E-state index contributed by atoms with van der Waals surface area (Å²) in [5, 5.41) is 3.87. The predicted molar refractivity (Wildman–Crippen MR) is 108 cm³/mol. The van der Waals surface area contributed by atoms with Crippen molar-refractivity contribution in [3.05, 3.63) is 71.3 Å². The maximum Gasteiger partial charge on any atom is 0.0461 e. The maximum atomic E-state index is 3.87. The van der Waals surface area contributed by atoms with Crippen molar-refractivity contribution in [3.63, 3.8) is 0 Å². The molecule has 2 aliphatic rings. The Hall–Kier alpha value is -1.68. The minimum atomic E-state index is 0.223. The van der Waals surface area contributed by atoms with Crippen LogP contribution >= 0.6 is 0 Å². The summed E-state index contributed by atoms with van der Waals surface area (Å²) >= 11 is 0. The lowest BCUT2D eigenvalue weighted by atomic mass is 9.76. The summed E-state index contributed by atoms with van der Waals surface area (Å²) in [5.41, 5.74) is 4.74. The highest BCUT2D eigenvalue weighted by molar-refractivity contribution is 5.36. The van der Waals surface area contributed by atoms with Gasteiger partial charge in [-0.1, -0.05) is 54.6 Å². The summed E-state index contributed by atoms with van der Waals surface area (Å²) in [5.74, 6) is 0. The van der Waals surface area contributed by atoms with E-state index in [1.165, 1.54) is 44.5 Å². The number of nitrogens with one attached hydrogen (secondary N) is 1. The van der Waals surface area contributed by atoms with E-state index in [9.17, 15) is 0 Å². The molecule has 0 aliphatic carbocycles. The van der Waals surface area contributed by atoms with Crippen molar-refractivity contribution in [2.75, 3.05) is 39.8 Å². The van der Waals surface area contributed by atoms with Gasteiger partial charge in [-0.2, -0.15) is 0 Å². The van der Waals surface area contributed by atoms with Gasteiger partial charge in [-0.3, -0.25) is 0 Å². The fourth-order valence-electron chi connectivity index (χ4n) is 4.63. The summed E-state index contributed by atoms with van der Waals surface area (Å²) in [4.78, 5) is 5.08. The Morgan fingerprint density at radius 3 is 2.54 bits per heavy atom. The summed E-state index contributed by atoms with van der Waals surface area (Å²) in [6, 6.07) is 19.8. The second-order valence-corrected chi connectivity index (χ2v) is 7.98. The van der Waals surface area contributed by atoms with Gasteiger partial charge in [-0.05, 0) is 43.0 Å². The van der Waals surface area contributed by atoms with Crippen molar-refractivity contribution >= 4 is 0 Å². The van der Waals surface area contributed by atoms with E-state index in [4.69, 9.17) is 0 Å². The van der Waals surface area contributed by atoms with Crippen molar-refractivity contribution in [2.24, 2.45) is 0 Å². The van der Waals surface area contributed by atoms with Crippen LogP contribution in [0.1, 0.15) is 29.5 Å². The molecule has 2 aromatic carbocycles. The first kappa shape index (κ1) is 17.7. The Balaban J connectivity index is 1.29. The van der Waals surface area contributed by atoms with Gasteiger partial charge in [-0.15, -0.1) is 0 Å². The third-order valence-electron chi connectivity index (χ3n) is 6.19. The molecule has 1 fully saturated rings. The zero-order valence-corrected chi connectivity index (χ0v) is 16.0. The highest BCUT2D eigenvalue weighted by atomic mass is 15.2. The van der Waals surface area contributed by atoms with Crippen LogP contribution in [0.3, 0.4) is 0 Å². The number of rotatable bonds is 5. The highest BCUT2D eigenvalue weighted by Gasteiger charge is 2.38. The Kier molecular flexibility index (Phi) is 5.39. The number of hydrogen-bond acceptors (Lipinski definition) is 3. The highest BCUT2D eigenvalue weighted by Crippen LogP contribution is 2.37. The SMILES string of the molecule is CN(CCN1CCC2(CC1)NCCc1ccccc12)Cc1ccccc1. The molecule has 26 heavy (non-hydrogen) atoms. The molecule has 1 N–H and O–H groups in total. The zero-order valence-electron chi connectivity index (χ0n) is 16.0. The molecule has 3 nitrogen and oxygen atoms in total. The summed E-state index contributed by atoms with van der Waals surface area (Å²) in [6.07, 6.45) is 3.63. The molecule has 1 saturated heterocycles. The third-order valence-corrected chi connectivity index (χ3v) is 6.19. The molecule has 2 aliphatic heterocycles. The number of benzene rings is 2. The molecular formula is C23H31N3. The average molecular weight is 350 g/mol. The van der Waals surface area contributed by atoms with E-state index in [0.717, 1.165) is 19.6 Å². The van der Waals surface area contributed by atoms with Gasteiger partial charge in [0.25, 0.3) is 0 Å². The van der Waals surface area contributed by atoms with Crippen LogP contribution in [0.2, 0.25) is 0 Å². The van der Waals surface area contributed by atoms with Crippen LogP contribution < -0.4 is 5.32 Å². The molecule has 2 aromatic rings. The Bertz CT molecular complexity index is 704. The molecule has 1 spiro atoms. The molecule has 0 radical (unpaired) electrons. The van der Waals surface area contributed by atoms with Crippen LogP contribution in [-0.2, 0) is 18.5 Å². The maximum absolute atomic E-state index is 3.87. The number of hydrogen-bond donors (Lipinski definition) is 1. The summed E-state index contributed by atoms with van der Waals surface area (Å²) in [7, 11) is 2.23. The van der Waals surface area contributed by atoms with Crippen molar-refractivity contribution in [2.45, 2.75) is 31.3 Å². The average Bonchev–Trinajstić information content (AvgIpc) is 2.69. The quantitative estimate of drug-likeness (QED) is 0.894. The first-order chi connectivity index (χ1) is 12.8. The molecule has 2 heterocycles. The van der Waals surface area contributed by atoms with Gasteiger partial charge in [0, 0.05) is 44.8 Å². The zero-order chi connectivity index (χ0) is 17.8. The number of nitrogens with zero attached hydrogens (tertiary/aromatic N) is 2. The van der Waals surface area contributed by atoms with Crippen LogP contribution in [0.5, 0.6) is 0 Å². The molecule has 0 unspecified atom stereocenters. The second-order valence-electron chi connectivity index (χ2n) is 7.98. The van der Waals surface area contributed by atoms with Gasteiger partial charge in [0.15, 0.2) is 0 Å². The smallest absolute Gasteiger partial charge is 0.0461 e. The standard InChI is InChI=1S/C23H31N3/c1-25(19-20-7-3-2-4-8-20)17-18-26-15-12-23(13-16-26)22-10-6-5-9-21(22)11-14-24-23/h2-10,24H,11-19H2,1H3. The molecule has 4 rings (SSSR count). The van der Waals surface area contributed by atoms with Crippen molar-refractivity contribution in [1.29, 1.82) is 0 Å². The van der Waals surface area contributed by atoms with Crippen molar-refractivity contribution in [3.8, 4) is 0 Å². The van der Waals surface area contributed by atoms with Crippen LogP contribution in [0.25, 0.3) is 0 Å². The van der Waals surface area contributed by atoms with E-state index in [-0.39, 0.29) is 5.54 Å². The van der Waals surface area contributed by atoms with Gasteiger partial charge in [0.1, 0.15) is 0 Å². The number of likely N-dealkylation sites (tertiary alicyclic amines) is 1. The number of piperidine rings is 1. The Morgan fingerprint density at radius 1 is 1.00 bits per heavy atom. The Morgan fingerprint density at radius 2 is 1.73 bits per heavy atom. The fraction of sp³-hybridized carbons (Fsp3) is 0.478. The minimum Gasteiger partial charge on any atom is -0.307 e. The summed E-state index contributed by atoms with van der Waals surface area (Å²) in [6.45, 7) is 6.85. The van der Waals surface area contributed by atoms with Crippen molar-refractivity contribution < 1.29 is 0 Å². The van der Waals surface area contributed by atoms with E-state index in [1.54, 1.807) is 11.1 Å².